The Hall–Kier alpha value is -0.870. The Bertz CT molecular complexity index is 391. The summed E-state index contributed by atoms with van der Waals surface area (Å²) in [5, 5.41) is 3.54. The third-order valence-corrected chi connectivity index (χ3v) is 4.51. The fourth-order valence-corrected chi connectivity index (χ4v) is 3.15. The Labute approximate surface area is 116 Å². The van der Waals surface area contributed by atoms with E-state index in [2.05, 4.69) is 32.9 Å². The van der Waals surface area contributed by atoms with Crippen molar-refractivity contribution < 1.29 is 0 Å². The summed E-state index contributed by atoms with van der Waals surface area (Å²) in [6, 6.07) is 0.866. The second kappa shape index (κ2) is 6.06. The second-order valence-corrected chi connectivity index (χ2v) is 6.11. The van der Waals surface area contributed by atoms with E-state index in [1.165, 1.54) is 51.9 Å². The van der Waals surface area contributed by atoms with Gasteiger partial charge in [-0.2, -0.15) is 0 Å². The molecule has 1 aromatic heterocycles. The van der Waals surface area contributed by atoms with Gasteiger partial charge in [0.25, 0.3) is 0 Å². The molecule has 19 heavy (non-hydrogen) atoms. The molecule has 1 aliphatic heterocycles. The van der Waals surface area contributed by atoms with Crippen molar-refractivity contribution in [2.75, 3.05) is 26.2 Å². The fourth-order valence-electron chi connectivity index (χ4n) is 3.15. The monoisotopic (exact) mass is 262 g/mol. The second-order valence-electron chi connectivity index (χ2n) is 6.11. The zero-order valence-electron chi connectivity index (χ0n) is 12.0. The van der Waals surface area contributed by atoms with Gasteiger partial charge in [-0.05, 0) is 51.6 Å². The SMILES string of the molecule is Cc1nccn1CCN(CC1CCCNC1)C1CC1. The van der Waals surface area contributed by atoms with E-state index in [0.29, 0.717) is 0 Å². The van der Waals surface area contributed by atoms with E-state index in [1.54, 1.807) is 0 Å². The predicted molar refractivity (Wildman–Crippen MR) is 77.2 cm³/mol. The summed E-state index contributed by atoms with van der Waals surface area (Å²) in [6.07, 6.45) is 9.57. The molecule has 0 spiro atoms. The van der Waals surface area contributed by atoms with E-state index in [1.807, 2.05) is 6.20 Å². The van der Waals surface area contributed by atoms with Crippen LogP contribution < -0.4 is 5.32 Å². The Morgan fingerprint density at radius 1 is 1.42 bits per heavy atom. The van der Waals surface area contributed by atoms with Crippen molar-refractivity contribution in [3.8, 4) is 0 Å². The van der Waals surface area contributed by atoms with Crippen LogP contribution in [-0.4, -0.2) is 46.7 Å². The van der Waals surface area contributed by atoms with Crippen LogP contribution in [0.1, 0.15) is 31.5 Å². The number of aryl methyl sites for hydroxylation is 1. The van der Waals surface area contributed by atoms with Gasteiger partial charge in [0.2, 0.25) is 0 Å². The lowest BCUT2D eigenvalue weighted by atomic mass is 9.99. The molecule has 0 amide bonds. The van der Waals surface area contributed by atoms with Crippen LogP contribution in [0, 0.1) is 12.8 Å². The zero-order chi connectivity index (χ0) is 13.1. The molecule has 0 aromatic carbocycles. The van der Waals surface area contributed by atoms with Crippen LogP contribution in [0.15, 0.2) is 12.4 Å². The van der Waals surface area contributed by atoms with Crippen LogP contribution in [-0.2, 0) is 6.54 Å². The van der Waals surface area contributed by atoms with Crippen LogP contribution in [0.2, 0.25) is 0 Å². The Kier molecular flexibility index (Phi) is 4.18. The number of piperidine rings is 1. The molecule has 1 saturated carbocycles. The van der Waals surface area contributed by atoms with Gasteiger partial charge < -0.3 is 9.88 Å². The third-order valence-electron chi connectivity index (χ3n) is 4.51. The van der Waals surface area contributed by atoms with Gasteiger partial charge in [0.15, 0.2) is 0 Å². The molecule has 1 N–H and O–H groups in total. The molecule has 0 bridgehead atoms. The van der Waals surface area contributed by atoms with Gasteiger partial charge in [-0.3, -0.25) is 4.90 Å². The quantitative estimate of drug-likeness (QED) is 0.846. The normalized spacial score (nSPS) is 24.0. The fraction of sp³-hybridized carbons (Fsp3) is 0.800. The first-order chi connectivity index (χ1) is 9.33. The highest BCUT2D eigenvalue weighted by Crippen LogP contribution is 2.28. The molecule has 4 heteroatoms. The van der Waals surface area contributed by atoms with E-state index in [9.17, 15) is 0 Å². The molecule has 3 rings (SSSR count). The van der Waals surface area contributed by atoms with E-state index >= 15 is 0 Å². The number of imidazole rings is 1. The molecule has 0 radical (unpaired) electrons. The number of nitrogens with zero attached hydrogens (tertiary/aromatic N) is 3. The predicted octanol–water partition coefficient (Wildman–Crippen LogP) is 1.66. The number of aromatic nitrogens is 2. The van der Waals surface area contributed by atoms with Crippen LogP contribution in [0.5, 0.6) is 0 Å². The van der Waals surface area contributed by atoms with Gasteiger partial charge in [-0.1, -0.05) is 0 Å². The van der Waals surface area contributed by atoms with Crippen molar-refractivity contribution in [3.05, 3.63) is 18.2 Å². The minimum Gasteiger partial charge on any atom is -0.334 e. The van der Waals surface area contributed by atoms with E-state index in [-0.39, 0.29) is 0 Å². The van der Waals surface area contributed by atoms with E-state index in [0.717, 1.165) is 24.3 Å². The number of nitrogens with one attached hydrogen (secondary N) is 1. The van der Waals surface area contributed by atoms with Crippen molar-refractivity contribution in [1.82, 2.24) is 19.8 Å². The molecule has 2 aliphatic rings. The number of hydrogen-bond acceptors (Lipinski definition) is 3. The first kappa shape index (κ1) is 13.1. The average molecular weight is 262 g/mol. The van der Waals surface area contributed by atoms with Gasteiger partial charge in [-0.25, -0.2) is 4.98 Å². The third kappa shape index (κ3) is 3.57. The summed E-state index contributed by atoms with van der Waals surface area (Å²) in [4.78, 5) is 7.02. The van der Waals surface area contributed by atoms with Gasteiger partial charge in [-0.15, -0.1) is 0 Å². The molecule has 106 valence electrons. The summed E-state index contributed by atoms with van der Waals surface area (Å²) >= 11 is 0. The minimum atomic E-state index is 0.859. The Morgan fingerprint density at radius 3 is 2.95 bits per heavy atom. The van der Waals surface area contributed by atoms with E-state index in [4.69, 9.17) is 0 Å². The molecular weight excluding hydrogens is 236 g/mol. The van der Waals surface area contributed by atoms with Crippen molar-refractivity contribution >= 4 is 0 Å². The van der Waals surface area contributed by atoms with Crippen molar-refractivity contribution in [1.29, 1.82) is 0 Å². The summed E-state index contributed by atoms with van der Waals surface area (Å²) in [5.41, 5.74) is 0. The van der Waals surface area contributed by atoms with Gasteiger partial charge >= 0.3 is 0 Å². The summed E-state index contributed by atoms with van der Waals surface area (Å²) in [5.74, 6) is 1.99. The van der Waals surface area contributed by atoms with Crippen molar-refractivity contribution in [2.24, 2.45) is 5.92 Å². The van der Waals surface area contributed by atoms with Crippen LogP contribution in [0.3, 0.4) is 0 Å². The molecule has 2 heterocycles. The summed E-state index contributed by atoms with van der Waals surface area (Å²) in [6.45, 7) is 8.07. The molecule has 2 fully saturated rings. The number of rotatable bonds is 6. The highest BCUT2D eigenvalue weighted by molar-refractivity contribution is 4.90. The zero-order valence-corrected chi connectivity index (χ0v) is 12.0. The summed E-state index contributed by atoms with van der Waals surface area (Å²) in [7, 11) is 0. The highest BCUT2D eigenvalue weighted by Gasteiger charge is 2.30. The standard InChI is InChI=1S/C15H26N4/c1-13-17-7-8-18(13)9-10-19(15-4-5-15)12-14-3-2-6-16-11-14/h7-8,14-16H,2-6,9-12H2,1H3. The first-order valence-electron chi connectivity index (χ1n) is 7.75. The van der Waals surface area contributed by atoms with Crippen LogP contribution >= 0.6 is 0 Å². The largest absolute Gasteiger partial charge is 0.334 e. The summed E-state index contributed by atoms with van der Waals surface area (Å²) < 4.78 is 2.27. The van der Waals surface area contributed by atoms with E-state index < -0.39 is 0 Å². The maximum absolute atomic E-state index is 4.31. The minimum absolute atomic E-state index is 0.859. The lowest BCUT2D eigenvalue weighted by Gasteiger charge is -2.30. The van der Waals surface area contributed by atoms with Gasteiger partial charge in [0.1, 0.15) is 5.82 Å². The highest BCUT2D eigenvalue weighted by atomic mass is 15.2. The average Bonchev–Trinajstić information content (AvgIpc) is 3.20. The molecule has 1 saturated heterocycles. The smallest absolute Gasteiger partial charge is 0.105 e. The first-order valence-corrected chi connectivity index (χ1v) is 7.75. The van der Waals surface area contributed by atoms with Gasteiger partial charge in [0, 0.05) is 38.1 Å². The maximum atomic E-state index is 4.31. The molecule has 1 aliphatic carbocycles. The van der Waals surface area contributed by atoms with Crippen LogP contribution in [0.4, 0.5) is 0 Å². The molecule has 1 aromatic rings. The molecule has 1 unspecified atom stereocenters. The van der Waals surface area contributed by atoms with Crippen LogP contribution in [0.25, 0.3) is 0 Å². The molecular formula is C15H26N4. The topological polar surface area (TPSA) is 33.1 Å². The van der Waals surface area contributed by atoms with Gasteiger partial charge in [0.05, 0.1) is 0 Å². The Balaban J connectivity index is 1.51. The van der Waals surface area contributed by atoms with Crippen molar-refractivity contribution in [3.63, 3.8) is 0 Å². The number of hydrogen-bond donors (Lipinski definition) is 1. The lowest BCUT2D eigenvalue weighted by molar-refractivity contribution is 0.193. The maximum Gasteiger partial charge on any atom is 0.105 e. The molecule has 4 nitrogen and oxygen atoms in total. The van der Waals surface area contributed by atoms with Crippen molar-refractivity contribution in [2.45, 2.75) is 45.2 Å². The Morgan fingerprint density at radius 2 is 2.32 bits per heavy atom. The lowest BCUT2D eigenvalue weighted by Crippen LogP contribution is -2.40. The molecule has 1 atom stereocenters.